The number of aliphatic hydroxyl groups is 1. The van der Waals surface area contributed by atoms with Gasteiger partial charge in [-0.1, -0.05) is 13.3 Å². The van der Waals surface area contributed by atoms with Crippen molar-refractivity contribution in [3.8, 4) is 11.5 Å². The van der Waals surface area contributed by atoms with E-state index in [9.17, 15) is 5.11 Å². The van der Waals surface area contributed by atoms with E-state index >= 15 is 0 Å². The van der Waals surface area contributed by atoms with Crippen LogP contribution in [0.2, 0.25) is 0 Å². The van der Waals surface area contributed by atoms with Crippen LogP contribution in [0.4, 0.5) is 0 Å². The van der Waals surface area contributed by atoms with Crippen molar-refractivity contribution in [2.75, 3.05) is 20.8 Å². The lowest BCUT2D eigenvalue weighted by Gasteiger charge is -2.30. The maximum absolute atomic E-state index is 9.49. The summed E-state index contributed by atoms with van der Waals surface area (Å²) in [6, 6.07) is 2.21. The zero-order valence-corrected chi connectivity index (χ0v) is 12.0. The number of hydrogen-bond donors (Lipinski definition) is 2. The molecule has 2 rings (SSSR count). The van der Waals surface area contributed by atoms with E-state index in [1.807, 2.05) is 6.07 Å². The first-order valence-electron chi connectivity index (χ1n) is 6.87. The van der Waals surface area contributed by atoms with Crippen LogP contribution in [0.25, 0.3) is 0 Å². The van der Waals surface area contributed by atoms with Crippen LogP contribution in [0.5, 0.6) is 11.5 Å². The summed E-state index contributed by atoms with van der Waals surface area (Å²) in [6.07, 6.45) is 3.10. The van der Waals surface area contributed by atoms with Crippen LogP contribution in [-0.4, -0.2) is 25.9 Å². The van der Waals surface area contributed by atoms with Crippen molar-refractivity contribution in [3.05, 3.63) is 22.8 Å². The molecule has 0 amide bonds. The zero-order valence-electron chi connectivity index (χ0n) is 12.0. The van der Waals surface area contributed by atoms with Gasteiger partial charge < -0.3 is 19.9 Å². The van der Waals surface area contributed by atoms with E-state index in [0.29, 0.717) is 6.04 Å². The Hall–Kier alpha value is -1.26. The minimum atomic E-state index is -0.0291. The zero-order chi connectivity index (χ0) is 13.8. The van der Waals surface area contributed by atoms with Gasteiger partial charge in [0.1, 0.15) is 11.5 Å². The Kier molecular flexibility index (Phi) is 4.66. The molecule has 0 aromatic heterocycles. The van der Waals surface area contributed by atoms with Crippen LogP contribution in [-0.2, 0) is 13.0 Å². The highest BCUT2D eigenvalue weighted by molar-refractivity contribution is 5.56. The minimum Gasteiger partial charge on any atom is -0.496 e. The number of hydrogen-bond acceptors (Lipinski definition) is 4. The molecule has 0 saturated heterocycles. The summed E-state index contributed by atoms with van der Waals surface area (Å²) in [6.45, 7) is 3.09. The largest absolute Gasteiger partial charge is 0.496 e. The Bertz CT molecular complexity index is 446. The Morgan fingerprint density at radius 1 is 1.37 bits per heavy atom. The smallest absolute Gasteiger partial charge is 0.128 e. The fourth-order valence-corrected chi connectivity index (χ4v) is 2.95. The van der Waals surface area contributed by atoms with Crippen molar-refractivity contribution in [3.63, 3.8) is 0 Å². The minimum absolute atomic E-state index is 0.0291. The Morgan fingerprint density at radius 2 is 2.16 bits per heavy atom. The maximum Gasteiger partial charge on any atom is 0.128 e. The summed E-state index contributed by atoms with van der Waals surface area (Å²) in [5.41, 5.74) is 3.18. The van der Waals surface area contributed by atoms with Gasteiger partial charge in [0, 0.05) is 22.7 Å². The van der Waals surface area contributed by atoms with E-state index in [1.54, 1.807) is 14.2 Å². The van der Waals surface area contributed by atoms with Gasteiger partial charge >= 0.3 is 0 Å². The van der Waals surface area contributed by atoms with Gasteiger partial charge in [-0.05, 0) is 25.5 Å². The molecule has 19 heavy (non-hydrogen) atoms. The molecule has 1 aromatic carbocycles. The lowest BCUT2D eigenvalue weighted by molar-refractivity contribution is 0.271. The number of aliphatic hydroxyl groups excluding tert-OH is 1. The molecule has 1 aromatic rings. The van der Waals surface area contributed by atoms with Gasteiger partial charge in [0.05, 0.1) is 20.8 Å². The van der Waals surface area contributed by atoms with Crippen LogP contribution in [0, 0.1) is 0 Å². The molecule has 4 nitrogen and oxygen atoms in total. The Labute approximate surface area is 114 Å². The van der Waals surface area contributed by atoms with Crippen LogP contribution in [0.3, 0.4) is 0 Å². The maximum atomic E-state index is 9.49. The highest BCUT2D eigenvalue weighted by Gasteiger charge is 2.27. The standard InChI is InChI=1S/C15H23NO3/c1-4-5-12-14-11(6-7-16-12)15(19-3)10(9-17)8-13(14)18-2/h8,12,16-17H,4-7,9H2,1-3H3. The van der Waals surface area contributed by atoms with Crippen molar-refractivity contribution in [1.82, 2.24) is 5.32 Å². The van der Waals surface area contributed by atoms with E-state index < -0.39 is 0 Å². The van der Waals surface area contributed by atoms with Gasteiger partial charge in [-0.2, -0.15) is 0 Å². The van der Waals surface area contributed by atoms with Gasteiger partial charge in [-0.25, -0.2) is 0 Å². The Balaban J connectivity index is 2.58. The van der Waals surface area contributed by atoms with E-state index in [4.69, 9.17) is 9.47 Å². The summed E-state index contributed by atoms with van der Waals surface area (Å²) >= 11 is 0. The summed E-state index contributed by atoms with van der Waals surface area (Å²) in [5.74, 6) is 1.67. The Morgan fingerprint density at radius 3 is 2.74 bits per heavy atom. The predicted octanol–water partition coefficient (Wildman–Crippen LogP) is 2.18. The van der Waals surface area contributed by atoms with E-state index in [-0.39, 0.29) is 6.61 Å². The molecule has 0 fully saturated rings. The summed E-state index contributed by atoms with van der Waals surface area (Å²) in [5, 5.41) is 13.0. The van der Waals surface area contributed by atoms with Crippen molar-refractivity contribution in [2.24, 2.45) is 0 Å². The molecular formula is C15H23NO3. The molecule has 106 valence electrons. The molecule has 0 aliphatic carbocycles. The molecule has 1 heterocycles. The van der Waals surface area contributed by atoms with Crippen molar-refractivity contribution < 1.29 is 14.6 Å². The predicted molar refractivity (Wildman–Crippen MR) is 74.8 cm³/mol. The number of benzene rings is 1. The van der Waals surface area contributed by atoms with Crippen LogP contribution in [0.1, 0.15) is 42.5 Å². The molecule has 4 heteroatoms. The first-order valence-corrected chi connectivity index (χ1v) is 6.87. The first-order chi connectivity index (χ1) is 9.26. The van der Waals surface area contributed by atoms with Crippen LogP contribution in [0.15, 0.2) is 6.07 Å². The summed E-state index contributed by atoms with van der Waals surface area (Å²) < 4.78 is 11.0. The highest BCUT2D eigenvalue weighted by Crippen LogP contribution is 2.41. The lowest BCUT2D eigenvalue weighted by atomic mass is 9.88. The van der Waals surface area contributed by atoms with Gasteiger partial charge in [-0.3, -0.25) is 0 Å². The monoisotopic (exact) mass is 265 g/mol. The second kappa shape index (κ2) is 6.26. The molecule has 1 atom stereocenters. The van der Waals surface area contributed by atoms with Gasteiger partial charge in [0.15, 0.2) is 0 Å². The average molecular weight is 265 g/mol. The molecule has 1 unspecified atom stereocenters. The molecule has 1 aliphatic heterocycles. The average Bonchev–Trinajstić information content (AvgIpc) is 2.45. The van der Waals surface area contributed by atoms with Gasteiger partial charge in [0.25, 0.3) is 0 Å². The number of fused-ring (bicyclic) bond motifs is 1. The molecule has 0 bridgehead atoms. The van der Waals surface area contributed by atoms with Crippen molar-refractivity contribution in [1.29, 1.82) is 0 Å². The van der Waals surface area contributed by atoms with Gasteiger partial charge in [0.2, 0.25) is 0 Å². The third kappa shape index (κ3) is 2.55. The fraction of sp³-hybridized carbons (Fsp3) is 0.600. The number of methoxy groups -OCH3 is 2. The molecular weight excluding hydrogens is 242 g/mol. The third-order valence-electron chi connectivity index (χ3n) is 3.75. The summed E-state index contributed by atoms with van der Waals surface area (Å²) in [4.78, 5) is 0. The number of rotatable bonds is 5. The number of nitrogens with one attached hydrogen (secondary N) is 1. The summed E-state index contributed by atoms with van der Waals surface area (Å²) in [7, 11) is 3.35. The molecule has 0 spiro atoms. The molecule has 2 N–H and O–H groups in total. The lowest BCUT2D eigenvalue weighted by Crippen LogP contribution is -2.30. The van der Waals surface area contributed by atoms with E-state index in [2.05, 4.69) is 12.2 Å². The molecule has 0 radical (unpaired) electrons. The van der Waals surface area contributed by atoms with Crippen molar-refractivity contribution >= 4 is 0 Å². The van der Waals surface area contributed by atoms with Crippen LogP contribution >= 0.6 is 0 Å². The second-order valence-corrected chi connectivity index (χ2v) is 4.87. The normalized spacial score (nSPS) is 18.0. The van der Waals surface area contributed by atoms with Crippen LogP contribution < -0.4 is 14.8 Å². The SMILES string of the molecule is CCCC1NCCc2c(OC)c(CO)cc(OC)c21. The quantitative estimate of drug-likeness (QED) is 0.857. The first kappa shape index (κ1) is 14.2. The van der Waals surface area contributed by atoms with Gasteiger partial charge in [-0.15, -0.1) is 0 Å². The second-order valence-electron chi connectivity index (χ2n) is 4.87. The van der Waals surface area contributed by atoms with Crippen molar-refractivity contribution in [2.45, 2.75) is 38.8 Å². The third-order valence-corrected chi connectivity index (χ3v) is 3.75. The topological polar surface area (TPSA) is 50.7 Å². The molecule has 1 aliphatic rings. The number of ether oxygens (including phenoxy) is 2. The fourth-order valence-electron chi connectivity index (χ4n) is 2.95. The molecule has 0 saturated carbocycles. The highest BCUT2D eigenvalue weighted by atomic mass is 16.5. The van der Waals surface area contributed by atoms with E-state index in [0.717, 1.165) is 42.9 Å². The van der Waals surface area contributed by atoms with E-state index in [1.165, 1.54) is 11.1 Å².